The zero-order valence-electron chi connectivity index (χ0n) is 7.60. The first-order valence-corrected chi connectivity index (χ1v) is 4.56. The number of hydrogen-bond donors (Lipinski definition) is 1. The van der Waals surface area contributed by atoms with Crippen molar-refractivity contribution in [3.05, 3.63) is 18.0 Å². The van der Waals surface area contributed by atoms with Crippen molar-refractivity contribution in [3.63, 3.8) is 0 Å². The molecule has 4 heteroatoms. The number of hydrogen-bond acceptors (Lipinski definition) is 2. The average Bonchev–Trinajstić information content (AvgIpc) is 2.55. The summed E-state index contributed by atoms with van der Waals surface area (Å²) in [5.74, 6) is 2.55. The molecule has 2 heterocycles. The molecule has 1 aromatic rings. The summed E-state index contributed by atoms with van der Waals surface area (Å²) in [7, 11) is 1.99. The molecule has 2 aliphatic rings. The van der Waals surface area contributed by atoms with Gasteiger partial charge in [-0.25, -0.2) is 0 Å². The lowest BCUT2D eigenvalue weighted by molar-refractivity contribution is 0.657. The maximum absolute atomic E-state index is 4.44. The maximum atomic E-state index is 4.44. The molecule has 0 radical (unpaired) electrons. The third-order valence-corrected chi connectivity index (χ3v) is 3.17. The number of fused-ring (bicyclic) bond motifs is 1. The fraction of sp³-hybridized carbons (Fsp3) is 0.667. The normalized spacial score (nSPS) is 35.3. The summed E-state index contributed by atoms with van der Waals surface area (Å²) >= 11 is 0. The Morgan fingerprint density at radius 1 is 1.46 bits per heavy atom. The van der Waals surface area contributed by atoms with E-state index in [1.165, 1.54) is 18.8 Å². The van der Waals surface area contributed by atoms with E-state index in [1.807, 2.05) is 17.9 Å². The number of halogens is 1. The van der Waals surface area contributed by atoms with E-state index in [-0.39, 0.29) is 12.4 Å². The Bertz CT molecular complexity index is 300. The SMILES string of the molecule is Cl.Cn1ccc([C@@H]2[C@@H]3CNC[C@@H]32)n1. The van der Waals surface area contributed by atoms with Gasteiger partial charge in [-0.2, -0.15) is 5.10 Å². The van der Waals surface area contributed by atoms with E-state index in [4.69, 9.17) is 0 Å². The van der Waals surface area contributed by atoms with Crippen molar-refractivity contribution in [2.24, 2.45) is 18.9 Å². The van der Waals surface area contributed by atoms with Gasteiger partial charge in [0.05, 0.1) is 5.69 Å². The molecular weight excluding hydrogens is 186 g/mol. The second-order valence-corrected chi connectivity index (χ2v) is 3.93. The molecule has 13 heavy (non-hydrogen) atoms. The molecule has 1 aromatic heterocycles. The van der Waals surface area contributed by atoms with Crippen LogP contribution in [-0.4, -0.2) is 22.9 Å². The smallest absolute Gasteiger partial charge is 0.0662 e. The van der Waals surface area contributed by atoms with Crippen LogP contribution < -0.4 is 5.32 Å². The Balaban J connectivity index is 0.000000653. The zero-order chi connectivity index (χ0) is 8.13. The standard InChI is InChI=1S/C9H13N3.ClH/c1-12-3-2-8(11-12)9-6-4-10-5-7(6)9;/h2-3,6-7,9-10H,4-5H2,1H3;1H/t6-,7+,9-;. The third-order valence-electron chi connectivity index (χ3n) is 3.17. The minimum Gasteiger partial charge on any atom is -0.316 e. The Hall–Kier alpha value is -0.540. The highest BCUT2D eigenvalue weighted by atomic mass is 35.5. The van der Waals surface area contributed by atoms with Gasteiger partial charge in [0.2, 0.25) is 0 Å². The predicted octanol–water partition coefficient (Wildman–Crippen LogP) is 0.775. The molecule has 0 spiro atoms. The van der Waals surface area contributed by atoms with Gasteiger partial charge < -0.3 is 5.32 Å². The predicted molar refractivity (Wildman–Crippen MR) is 53.0 cm³/mol. The van der Waals surface area contributed by atoms with Crippen LogP contribution in [0, 0.1) is 11.8 Å². The Kier molecular flexibility index (Phi) is 2.08. The molecular formula is C9H14ClN3. The summed E-state index contributed by atoms with van der Waals surface area (Å²) in [5, 5.41) is 7.84. The van der Waals surface area contributed by atoms with Crippen LogP contribution in [0.5, 0.6) is 0 Å². The molecule has 0 unspecified atom stereocenters. The van der Waals surface area contributed by atoms with Gasteiger partial charge in [-0.1, -0.05) is 0 Å². The number of rotatable bonds is 1. The van der Waals surface area contributed by atoms with Gasteiger partial charge in [-0.15, -0.1) is 12.4 Å². The number of nitrogens with zero attached hydrogens (tertiary/aromatic N) is 2. The van der Waals surface area contributed by atoms with Crippen molar-refractivity contribution in [3.8, 4) is 0 Å². The van der Waals surface area contributed by atoms with Crippen molar-refractivity contribution in [1.82, 2.24) is 15.1 Å². The highest BCUT2D eigenvalue weighted by Crippen LogP contribution is 2.55. The number of aromatic nitrogens is 2. The van der Waals surface area contributed by atoms with Gasteiger partial charge in [-0.05, 0) is 31.0 Å². The van der Waals surface area contributed by atoms with Gasteiger partial charge in [0.15, 0.2) is 0 Å². The molecule has 72 valence electrons. The molecule has 3 atom stereocenters. The van der Waals surface area contributed by atoms with Crippen LogP contribution in [0.3, 0.4) is 0 Å². The van der Waals surface area contributed by atoms with E-state index in [0.29, 0.717) is 0 Å². The van der Waals surface area contributed by atoms with E-state index in [1.54, 1.807) is 0 Å². The van der Waals surface area contributed by atoms with E-state index in [0.717, 1.165) is 17.8 Å². The van der Waals surface area contributed by atoms with Crippen LogP contribution in [0.4, 0.5) is 0 Å². The van der Waals surface area contributed by atoms with E-state index in [9.17, 15) is 0 Å². The molecule has 0 bridgehead atoms. The summed E-state index contributed by atoms with van der Waals surface area (Å²) in [4.78, 5) is 0. The van der Waals surface area contributed by atoms with Crippen LogP contribution in [0.1, 0.15) is 11.6 Å². The van der Waals surface area contributed by atoms with E-state index >= 15 is 0 Å². The summed E-state index contributed by atoms with van der Waals surface area (Å²) in [6.07, 6.45) is 2.04. The number of nitrogens with one attached hydrogen (secondary N) is 1. The van der Waals surface area contributed by atoms with Crippen LogP contribution in [-0.2, 0) is 7.05 Å². The quantitative estimate of drug-likeness (QED) is 0.725. The van der Waals surface area contributed by atoms with Gasteiger partial charge in [0.1, 0.15) is 0 Å². The lowest BCUT2D eigenvalue weighted by Crippen LogP contribution is -2.14. The first kappa shape index (κ1) is 9.03. The Morgan fingerprint density at radius 3 is 2.69 bits per heavy atom. The van der Waals surface area contributed by atoms with Crippen LogP contribution in [0.15, 0.2) is 12.3 Å². The molecule has 3 rings (SSSR count). The Labute approximate surface area is 83.9 Å². The fourth-order valence-electron chi connectivity index (χ4n) is 2.47. The van der Waals surface area contributed by atoms with E-state index < -0.39 is 0 Å². The van der Waals surface area contributed by atoms with Crippen molar-refractivity contribution in [2.75, 3.05) is 13.1 Å². The number of piperidine rings is 1. The van der Waals surface area contributed by atoms with Gasteiger partial charge in [-0.3, -0.25) is 4.68 Å². The van der Waals surface area contributed by atoms with Crippen molar-refractivity contribution in [1.29, 1.82) is 0 Å². The van der Waals surface area contributed by atoms with E-state index in [2.05, 4.69) is 16.5 Å². The van der Waals surface area contributed by atoms with Crippen molar-refractivity contribution in [2.45, 2.75) is 5.92 Å². The highest BCUT2D eigenvalue weighted by Gasteiger charge is 2.54. The molecule has 3 nitrogen and oxygen atoms in total. The maximum Gasteiger partial charge on any atom is 0.0662 e. The van der Waals surface area contributed by atoms with Crippen LogP contribution in [0.25, 0.3) is 0 Å². The lowest BCUT2D eigenvalue weighted by Gasteiger charge is -1.99. The van der Waals surface area contributed by atoms with Crippen molar-refractivity contribution >= 4 is 12.4 Å². The van der Waals surface area contributed by atoms with Crippen LogP contribution >= 0.6 is 12.4 Å². The lowest BCUT2D eigenvalue weighted by atomic mass is 10.2. The summed E-state index contributed by atoms with van der Waals surface area (Å²) in [5.41, 5.74) is 1.30. The molecule has 2 fully saturated rings. The molecule has 1 aliphatic heterocycles. The number of aryl methyl sites for hydroxylation is 1. The second-order valence-electron chi connectivity index (χ2n) is 3.93. The molecule has 0 aromatic carbocycles. The van der Waals surface area contributed by atoms with Gasteiger partial charge in [0.25, 0.3) is 0 Å². The first-order chi connectivity index (χ1) is 5.86. The van der Waals surface area contributed by atoms with Gasteiger partial charge >= 0.3 is 0 Å². The topological polar surface area (TPSA) is 29.9 Å². The molecule has 1 saturated carbocycles. The minimum absolute atomic E-state index is 0. The van der Waals surface area contributed by atoms with Crippen LogP contribution in [0.2, 0.25) is 0 Å². The monoisotopic (exact) mass is 199 g/mol. The second kappa shape index (κ2) is 3.00. The molecule has 0 amide bonds. The minimum atomic E-state index is 0. The largest absolute Gasteiger partial charge is 0.316 e. The summed E-state index contributed by atoms with van der Waals surface area (Å²) in [6, 6.07) is 2.16. The summed E-state index contributed by atoms with van der Waals surface area (Å²) < 4.78 is 1.90. The fourth-order valence-corrected chi connectivity index (χ4v) is 2.47. The third kappa shape index (κ3) is 1.27. The summed E-state index contributed by atoms with van der Waals surface area (Å²) in [6.45, 7) is 2.40. The molecule has 1 aliphatic carbocycles. The molecule has 1 saturated heterocycles. The average molecular weight is 200 g/mol. The van der Waals surface area contributed by atoms with Crippen molar-refractivity contribution < 1.29 is 0 Å². The molecule has 1 N–H and O–H groups in total. The first-order valence-electron chi connectivity index (χ1n) is 4.56. The Morgan fingerprint density at radius 2 is 2.15 bits per heavy atom. The zero-order valence-corrected chi connectivity index (χ0v) is 8.42. The van der Waals surface area contributed by atoms with Gasteiger partial charge in [0, 0.05) is 19.2 Å². The highest BCUT2D eigenvalue weighted by molar-refractivity contribution is 5.85.